The Kier molecular flexibility index (Phi) is 9.89. The summed E-state index contributed by atoms with van der Waals surface area (Å²) in [6.07, 6.45) is 3.82. The quantitative estimate of drug-likeness (QED) is 0.221. The van der Waals surface area contributed by atoms with Gasteiger partial charge in [0.15, 0.2) is 11.8 Å². The van der Waals surface area contributed by atoms with E-state index in [-0.39, 0.29) is 35.9 Å². The van der Waals surface area contributed by atoms with Gasteiger partial charge in [-0.2, -0.15) is 0 Å². The molecular formula is C17H31IN6O2. The first-order valence-electron chi connectivity index (χ1n) is 9.02. The minimum Gasteiger partial charge on any atom is -0.469 e. The second-order valence-electron chi connectivity index (χ2n) is 6.43. The molecule has 0 aromatic carbocycles. The molecule has 0 saturated carbocycles. The predicted molar refractivity (Wildman–Crippen MR) is 112 cm³/mol. The second kappa shape index (κ2) is 11.3. The number of halogens is 1. The maximum Gasteiger partial charge on any atom is 0.308 e. The number of methoxy groups -OCH3 is 1. The molecule has 1 aromatic rings. The molecule has 1 aliphatic rings. The third-order valence-electron chi connectivity index (χ3n) is 4.70. The molecule has 1 N–H and O–H groups in total. The molecule has 9 heteroatoms. The molecule has 0 atom stereocenters. The van der Waals surface area contributed by atoms with Gasteiger partial charge in [-0.25, -0.2) is 4.99 Å². The molecule has 26 heavy (non-hydrogen) atoms. The third kappa shape index (κ3) is 6.10. The van der Waals surface area contributed by atoms with E-state index in [4.69, 9.17) is 9.73 Å². The number of nitrogens with zero attached hydrogens (tertiary/aromatic N) is 5. The highest BCUT2D eigenvalue weighted by molar-refractivity contribution is 14.0. The largest absolute Gasteiger partial charge is 0.469 e. The van der Waals surface area contributed by atoms with Gasteiger partial charge in [-0.05, 0) is 26.2 Å². The van der Waals surface area contributed by atoms with E-state index in [1.165, 1.54) is 7.11 Å². The fourth-order valence-corrected chi connectivity index (χ4v) is 2.87. The average molecular weight is 478 g/mol. The highest BCUT2D eigenvalue weighted by Gasteiger charge is 2.27. The van der Waals surface area contributed by atoms with Gasteiger partial charge in [0.25, 0.3) is 0 Å². The van der Waals surface area contributed by atoms with E-state index >= 15 is 0 Å². The van der Waals surface area contributed by atoms with Crippen molar-refractivity contribution >= 4 is 35.9 Å². The molecule has 0 spiro atoms. The first-order valence-corrected chi connectivity index (χ1v) is 9.02. The van der Waals surface area contributed by atoms with Crippen molar-refractivity contribution < 1.29 is 9.53 Å². The Hall–Kier alpha value is -1.39. The first kappa shape index (κ1) is 22.7. The van der Waals surface area contributed by atoms with Crippen LogP contribution in [0.2, 0.25) is 0 Å². The summed E-state index contributed by atoms with van der Waals surface area (Å²) in [5.74, 6) is 2.50. The molecule has 1 aromatic heterocycles. The Morgan fingerprint density at radius 1 is 1.35 bits per heavy atom. The Morgan fingerprint density at radius 3 is 2.58 bits per heavy atom. The number of likely N-dealkylation sites (tertiary alicyclic amines) is 1. The van der Waals surface area contributed by atoms with Gasteiger partial charge >= 0.3 is 5.97 Å². The van der Waals surface area contributed by atoms with Crippen LogP contribution in [0.25, 0.3) is 0 Å². The van der Waals surface area contributed by atoms with Gasteiger partial charge in [-0.15, -0.1) is 34.2 Å². The van der Waals surface area contributed by atoms with E-state index < -0.39 is 0 Å². The number of nitrogens with one attached hydrogen (secondary N) is 1. The minimum atomic E-state index is -0.105. The van der Waals surface area contributed by atoms with Crippen LogP contribution in [-0.4, -0.2) is 58.3 Å². The van der Waals surface area contributed by atoms with Gasteiger partial charge in [-0.3, -0.25) is 4.79 Å². The molecule has 1 aliphatic heterocycles. The number of carbonyl (C=O) groups excluding carboxylic acids is 1. The summed E-state index contributed by atoms with van der Waals surface area (Å²) in [4.78, 5) is 18.7. The molecule has 0 radical (unpaired) electrons. The fraction of sp³-hybridized carbons (Fsp3) is 0.765. The standard InChI is InChI=1S/C17H30N6O2.HI/c1-5-6-9-18-17(19-12-15-21-20-13(2)22(15)3)23-10-7-14(8-11-23)16(24)25-4;/h14H,5-12H2,1-4H3,(H,18,19);1H. The molecule has 1 fully saturated rings. The number of aromatic nitrogens is 3. The van der Waals surface area contributed by atoms with Crippen LogP contribution in [0.4, 0.5) is 0 Å². The van der Waals surface area contributed by atoms with Crippen molar-refractivity contribution in [3.63, 3.8) is 0 Å². The number of unbranched alkanes of at least 4 members (excludes halogenated alkanes) is 1. The Balaban J connectivity index is 0.00000338. The van der Waals surface area contributed by atoms with Crippen molar-refractivity contribution in [2.75, 3.05) is 26.7 Å². The Morgan fingerprint density at radius 2 is 2.04 bits per heavy atom. The Bertz CT molecular complexity index is 596. The second-order valence-corrected chi connectivity index (χ2v) is 6.43. The van der Waals surface area contributed by atoms with Crippen molar-refractivity contribution in [1.82, 2.24) is 25.0 Å². The van der Waals surface area contributed by atoms with Crippen LogP contribution in [0.3, 0.4) is 0 Å². The summed E-state index contributed by atoms with van der Waals surface area (Å²) in [5, 5.41) is 11.7. The van der Waals surface area contributed by atoms with Crippen molar-refractivity contribution in [2.24, 2.45) is 18.0 Å². The number of esters is 1. The normalized spacial score (nSPS) is 15.5. The van der Waals surface area contributed by atoms with Gasteiger partial charge in [-0.1, -0.05) is 13.3 Å². The van der Waals surface area contributed by atoms with Gasteiger partial charge in [0.05, 0.1) is 13.0 Å². The van der Waals surface area contributed by atoms with Crippen LogP contribution < -0.4 is 5.32 Å². The number of guanidine groups is 1. The van der Waals surface area contributed by atoms with Gasteiger partial charge in [0.2, 0.25) is 0 Å². The molecule has 0 aliphatic carbocycles. The number of aryl methyl sites for hydroxylation is 1. The lowest BCUT2D eigenvalue weighted by Gasteiger charge is -2.33. The number of piperidine rings is 1. The van der Waals surface area contributed by atoms with Crippen LogP contribution in [0, 0.1) is 12.8 Å². The van der Waals surface area contributed by atoms with E-state index in [1.54, 1.807) is 0 Å². The summed E-state index contributed by atoms with van der Waals surface area (Å²) in [7, 11) is 3.41. The molecule has 2 heterocycles. The van der Waals surface area contributed by atoms with Gasteiger partial charge in [0.1, 0.15) is 12.4 Å². The highest BCUT2D eigenvalue weighted by Crippen LogP contribution is 2.18. The molecule has 0 unspecified atom stereocenters. The molecule has 148 valence electrons. The van der Waals surface area contributed by atoms with Crippen LogP contribution >= 0.6 is 24.0 Å². The SMILES string of the molecule is CCCCNC(=NCc1nnc(C)n1C)N1CCC(C(=O)OC)CC1.I. The number of rotatable bonds is 6. The molecule has 2 rings (SSSR count). The lowest BCUT2D eigenvalue weighted by molar-refractivity contribution is -0.146. The number of ether oxygens (including phenoxy) is 1. The smallest absolute Gasteiger partial charge is 0.308 e. The monoisotopic (exact) mass is 478 g/mol. The molecule has 8 nitrogen and oxygen atoms in total. The van der Waals surface area contributed by atoms with Crippen molar-refractivity contribution in [2.45, 2.75) is 46.1 Å². The van der Waals surface area contributed by atoms with E-state index in [0.29, 0.717) is 6.54 Å². The van der Waals surface area contributed by atoms with E-state index in [2.05, 4.69) is 27.3 Å². The zero-order valence-corrected chi connectivity index (χ0v) is 18.5. The number of carbonyl (C=O) groups is 1. The van der Waals surface area contributed by atoms with Crippen molar-refractivity contribution in [3.05, 3.63) is 11.6 Å². The number of hydrogen-bond acceptors (Lipinski definition) is 5. The summed E-state index contributed by atoms with van der Waals surface area (Å²) < 4.78 is 6.82. The van der Waals surface area contributed by atoms with E-state index in [1.807, 2.05) is 18.5 Å². The average Bonchev–Trinajstić information content (AvgIpc) is 2.96. The zero-order valence-electron chi connectivity index (χ0n) is 16.2. The van der Waals surface area contributed by atoms with Gasteiger partial charge < -0.3 is 19.5 Å². The van der Waals surface area contributed by atoms with E-state index in [9.17, 15) is 4.79 Å². The number of hydrogen-bond donors (Lipinski definition) is 1. The lowest BCUT2D eigenvalue weighted by Crippen LogP contribution is -2.47. The summed E-state index contributed by atoms with van der Waals surface area (Å²) in [5.41, 5.74) is 0. The lowest BCUT2D eigenvalue weighted by atomic mass is 9.97. The summed E-state index contributed by atoms with van der Waals surface area (Å²) >= 11 is 0. The van der Waals surface area contributed by atoms with Crippen molar-refractivity contribution in [1.29, 1.82) is 0 Å². The van der Waals surface area contributed by atoms with Gasteiger partial charge in [0, 0.05) is 26.7 Å². The minimum absolute atomic E-state index is 0. The zero-order chi connectivity index (χ0) is 18.2. The predicted octanol–water partition coefficient (Wildman–Crippen LogP) is 1.87. The first-order chi connectivity index (χ1) is 12.1. The van der Waals surface area contributed by atoms with Crippen LogP contribution in [0.5, 0.6) is 0 Å². The molecule has 0 bridgehead atoms. The maximum absolute atomic E-state index is 11.7. The summed E-state index contributed by atoms with van der Waals surface area (Å²) in [6, 6.07) is 0. The summed E-state index contributed by atoms with van der Waals surface area (Å²) in [6.45, 7) is 7.08. The topological polar surface area (TPSA) is 84.6 Å². The molecular weight excluding hydrogens is 447 g/mol. The third-order valence-corrected chi connectivity index (χ3v) is 4.70. The molecule has 0 amide bonds. The van der Waals surface area contributed by atoms with Crippen LogP contribution in [0.15, 0.2) is 4.99 Å². The maximum atomic E-state index is 11.7. The van der Waals surface area contributed by atoms with E-state index in [0.717, 1.165) is 62.9 Å². The number of aliphatic imine (C=N–C) groups is 1. The van der Waals surface area contributed by atoms with Crippen molar-refractivity contribution in [3.8, 4) is 0 Å². The highest BCUT2D eigenvalue weighted by atomic mass is 127. The van der Waals surface area contributed by atoms with Crippen LogP contribution in [0.1, 0.15) is 44.3 Å². The van der Waals surface area contributed by atoms with Crippen LogP contribution in [-0.2, 0) is 23.1 Å². The fourth-order valence-electron chi connectivity index (χ4n) is 2.87. The Labute approximate surface area is 172 Å². The molecule has 1 saturated heterocycles.